The van der Waals surface area contributed by atoms with Crippen LogP contribution in [-0.4, -0.2) is 60.0 Å². The van der Waals surface area contributed by atoms with Gasteiger partial charge in [0, 0.05) is 23.1 Å². The van der Waals surface area contributed by atoms with E-state index in [4.69, 9.17) is 10.5 Å². The van der Waals surface area contributed by atoms with Crippen LogP contribution in [0.1, 0.15) is 104 Å². The second-order valence-electron chi connectivity index (χ2n) is 13.6. The van der Waals surface area contributed by atoms with Gasteiger partial charge in [0.25, 0.3) is 5.91 Å². The molecule has 0 radical (unpaired) electrons. The van der Waals surface area contributed by atoms with E-state index in [0.717, 1.165) is 28.2 Å². The van der Waals surface area contributed by atoms with Gasteiger partial charge in [-0.2, -0.15) is 0 Å². The van der Waals surface area contributed by atoms with E-state index in [1.807, 2.05) is 58.0 Å². The maximum atomic E-state index is 13.4. The molecule has 278 valence electrons. The third-order valence-electron chi connectivity index (χ3n) is 8.24. The zero-order chi connectivity index (χ0) is 38.3. The molecule has 0 saturated carbocycles. The number of ether oxygens (including phenoxy) is 1. The topological polar surface area (TPSA) is 173 Å². The van der Waals surface area contributed by atoms with Gasteiger partial charge < -0.3 is 26.2 Å². The minimum absolute atomic E-state index is 0.0412. The van der Waals surface area contributed by atoms with E-state index in [0.29, 0.717) is 28.4 Å². The highest BCUT2D eigenvalue weighted by molar-refractivity contribution is 7.14. The number of unbranched alkanes of at least 4 members (excludes halogenated alkanes) is 4. The molecule has 52 heavy (non-hydrogen) atoms. The SMILES string of the molecule is C=N/C(=N\C=C(/C)c1ccc(OCCCCCCC)cc1)c1ccc(C[C@H](NC(=O)c2ccc(C(C)(C)C)s2)C(=O)N[C@@H](CC(=O)O)C(N)=O)cc1. The lowest BCUT2D eigenvalue weighted by atomic mass is 9.95. The molecule has 0 fully saturated rings. The lowest BCUT2D eigenvalue weighted by Gasteiger charge is -2.21. The summed E-state index contributed by atoms with van der Waals surface area (Å²) in [6.45, 7) is 14.6. The fourth-order valence-corrected chi connectivity index (χ4v) is 6.11. The van der Waals surface area contributed by atoms with Gasteiger partial charge in [-0.1, -0.05) is 89.8 Å². The molecule has 1 heterocycles. The number of carbonyl (C=O) groups is 4. The molecule has 5 N–H and O–H groups in total. The van der Waals surface area contributed by atoms with Crippen LogP contribution in [0, 0.1) is 0 Å². The van der Waals surface area contributed by atoms with Crippen molar-refractivity contribution >= 4 is 53.2 Å². The van der Waals surface area contributed by atoms with E-state index in [1.165, 1.54) is 37.0 Å². The summed E-state index contributed by atoms with van der Waals surface area (Å²) >= 11 is 1.32. The molecular formula is C40H51N5O6S. The Morgan fingerprint density at radius 1 is 0.923 bits per heavy atom. The van der Waals surface area contributed by atoms with E-state index in [2.05, 4.69) is 34.3 Å². The number of aliphatic imine (C=N–C) groups is 2. The normalized spacial score (nSPS) is 13.2. The smallest absolute Gasteiger partial charge is 0.305 e. The number of thiophene rings is 1. The number of hydrogen-bond acceptors (Lipinski definition) is 7. The average molecular weight is 730 g/mol. The highest BCUT2D eigenvalue weighted by Crippen LogP contribution is 2.29. The van der Waals surface area contributed by atoms with Crippen molar-refractivity contribution in [2.24, 2.45) is 15.7 Å². The van der Waals surface area contributed by atoms with Crippen LogP contribution < -0.4 is 21.1 Å². The molecular weight excluding hydrogens is 679 g/mol. The molecule has 0 aliphatic rings. The predicted octanol–water partition coefficient (Wildman–Crippen LogP) is 6.69. The molecule has 11 nitrogen and oxygen atoms in total. The summed E-state index contributed by atoms with van der Waals surface area (Å²) in [6.07, 6.45) is 7.00. The van der Waals surface area contributed by atoms with Gasteiger partial charge in [-0.3, -0.25) is 19.2 Å². The number of hydrogen-bond donors (Lipinski definition) is 4. The molecule has 0 aliphatic carbocycles. The first-order valence-electron chi connectivity index (χ1n) is 17.5. The zero-order valence-corrected chi connectivity index (χ0v) is 31.6. The molecule has 2 aromatic carbocycles. The van der Waals surface area contributed by atoms with Crippen LogP contribution >= 0.6 is 11.3 Å². The van der Waals surface area contributed by atoms with Crippen LogP contribution in [-0.2, 0) is 26.2 Å². The van der Waals surface area contributed by atoms with Gasteiger partial charge in [0.05, 0.1) is 17.9 Å². The van der Waals surface area contributed by atoms with Crippen molar-refractivity contribution < 1.29 is 29.0 Å². The summed E-state index contributed by atoms with van der Waals surface area (Å²) in [6, 6.07) is 16.0. The standard InChI is InChI=1S/C40H51N5O6S/c1-7-8-9-10-11-22-51-30-18-16-28(17-19-30)26(2)25-43-37(42-6)29-14-12-27(13-15-29)23-32(38(49)44-31(36(41)48)24-35(46)47)45-39(50)33-20-21-34(52-33)40(3,4)5/h12-21,25,31-32H,6-11,22-24H2,1-5H3,(H2,41,48)(H,44,49)(H,45,50)(H,46,47)/b26-25+,43-37-/t31-,32-/m0/s1. The fourth-order valence-electron chi connectivity index (χ4n) is 5.15. The van der Waals surface area contributed by atoms with E-state index in [9.17, 15) is 24.3 Å². The van der Waals surface area contributed by atoms with Gasteiger partial charge in [-0.15, -0.1) is 11.3 Å². The molecule has 3 amide bonds. The van der Waals surface area contributed by atoms with Crippen LogP contribution in [0.2, 0.25) is 0 Å². The van der Waals surface area contributed by atoms with Gasteiger partial charge >= 0.3 is 5.97 Å². The Balaban J connectivity index is 1.74. The van der Waals surface area contributed by atoms with Crippen molar-refractivity contribution in [2.45, 2.75) is 97.1 Å². The largest absolute Gasteiger partial charge is 0.494 e. The van der Waals surface area contributed by atoms with Crippen molar-refractivity contribution in [3.8, 4) is 5.75 Å². The van der Waals surface area contributed by atoms with E-state index in [1.54, 1.807) is 36.5 Å². The summed E-state index contributed by atoms with van der Waals surface area (Å²) < 4.78 is 5.88. The first-order chi connectivity index (χ1) is 24.7. The van der Waals surface area contributed by atoms with Crippen LogP contribution in [0.4, 0.5) is 0 Å². The highest BCUT2D eigenvalue weighted by Gasteiger charge is 2.28. The minimum Gasteiger partial charge on any atom is -0.494 e. The summed E-state index contributed by atoms with van der Waals surface area (Å²) in [7, 11) is 0. The number of allylic oxidation sites excluding steroid dienone is 1. The number of carboxylic acid groups (broad SMARTS) is 1. The van der Waals surface area contributed by atoms with E-state index < -0.39 is 42.2 Å². The number of primary amides is 1. The fraction of sp³-hybridized carbons (Fsp3) is 0.400. The predicted molar refractivity (Wildman–Crippen MR) is 208 cm³/mol. The van der Waals surface area contributed by atoms with Crippen molar-refractivity contribution in [1.29, 1.82) is 0 Å². The van der Waals surface area contributed by atoms with E-state index >= 15 is 0 Å². The van der Waals surface area contributed by atoms with Crippen molar-refractivity contribution in [3.63, 3.8) is 0 Å². The van der Waals surface area contributed by atoms with Crippen molar-refractivity contribution in [1.82, 2.24) is 10.6 Å². The van der Waals surface area contributed by atoms with Crippen LogP contribution in [0.5, 0.6) is 5.75 Å². The average Bonchev–Trinajstić information content (AvgIpc) is 3.62. The molecule has 0 unspecified atom stereocenters. The molecule has 2 atom stereocenters. The number of benzene rings is 2. The van der Waals surface area contributed by atoms with Crippen molar-refractivity contribution in [3.05, 3.63) is 93.3 Å². The number of amides is 3. The second-order valence-corrected chi connectivity index (χ2v) is 14.7. The van der Waals surface area contributed by atoms with Gasteiger partial charge in [-0.05, 0) is 66.4 Å². The van der Waals surface area contributed by atoms with Gasteiger partial charge in [0.2, 0.25) is 11.8 Å². The Morgan fingerprint density at radius 3 is 2.15 bits per heavy atom. The summed E-state index contributed by atoms with van der Waals surface area (Å²) in [4.78, 5) is 59.9. The molecule has 3 aromatic rings. The van der Waals surface area contributed by atoms with Crippen LogP contribution in [0.25, 0.3) is 5.57 Å². The number of aliphatic carboxylic acids is 1. The molecule has 0 spiro atoms. The maximum absolute atomic E-state index is 13.4. The number of carboxylic acids is 1. The summed E-state index contributed by atoms with van der Waals surface area (Å²) in [5, 5.41) is 14.4. The van der Waals surface area contributed by atoms with Crippen LogP contribution in [0.3, 0.4) is 0 Å². The summed E-state index contributed by atoms with van der Waals surface area (Å²) in [5.74, 6) is -2.30. The minimum atomic E-state index is -1.45. The van der Waals surface area contributed by atoms with Gasteiger partial charge in [-0.25, -0.2) is 9.98 Å². The molecule has 0 saturated heterocycles. The Labute approximate surface area is 310 Å². The number of amidine groups is 1. The first-order valence-corrected chi connectivity index (χ1v) is 18.3. The molecule has 0 aliphatic heterocycles. The third-order valence-corrected chi connectivity index (χ3v) is 9.75. The monoisotopic (exact) mass is 729 g/mol. The zero-order valence-electron chi connectivity index (χ0n) is 30.7. The Bertz CT molecular complexity index is 1740. The number of carbonyl (C=O) groups excluding carboxylic acids is 3. The van der Waals surface area contributed by atoms with E-state index in [-0.39, 0.29) is 11.8 Å². The van der Waals surface area contributed by atoms with Crippen molar-refractivity contribution in [2.75, 3.05) is 6.61 Å². The molecule has 3 rings (SSSR count). The molecule has 1 aromatic heterocycles. The quantitative estimate of drug-likeness (QED) is 0.0608. The lowest BCUT2D eigenvalue weighted by molar-refractivity contribution is -0.140. The molecule has 0 bridgehead atoms. The first kappa shape index (κ1) is 41.3. The Hall–Kier alpha value is -5.10. The number of nitrogens with one attached hydrogen (secondary N) is 2. The maximum Gasteiger partial charge on any atom is 0.305 e. The third kappa shape index (κ3) is 13.2. The molecule has 12 heteroatoms. The lowest BCUT2D eigenvalue weighted by Crippen LogP contribution is -2.54. The highest BCUT2D eigenvalue weighted by atomic mass is 32.1. The summed E-state index contributed by atoms with van der Waals surface area (Å²) in [5.41, 5.74) is 8.46. The Kier molecular flexibility index (Phi) is 15.9. The van der Waals surface area contributed by atoms with Crippen LogP contribution in [0.15, 0.2) is 76.8 Å². The Morgan fingerprint density at radius 2 is 1.58 bits per heavy atom. The van der Waals surface area contributed by atoms with Gasteiger partial charge in [0.15, 0.2) is 5.84 Å². The number of nitrogens with zero attached hydrogens (tertiary/aromatic N) is 2. The number of nitrogens with two attached hydrogens (primary N) is 1. The number of rotatable bonds is 19. The van der Waals surface area contributed by atoms with Gasteiger partial charge in [0.1, 0.15) is 17.8 Å². The second kappa shape index (κ2) is 20.1.